The molecular weight excluding hydrogens is 238 g/mol. The number of aromatic nitrogens is 4. The molecule has 1 N–H and O–H groups in total. The maximum Gasteiger partial charge on any atom is 0.181 e. The Morgan fingerprint density at radius 3 is 2.83 bits per heavy atom. The van der Waals surface area contributed by atoms with E-state index in [0.29, 0.717) is 16.7 Å². The van der Waals surface area contributed by atoms with Gasteiger partial charge in [0.15, 0.2) is 5.65 Å². The molecule has 0 aliphatic rings. The molecule has 0 bridgehead atoms. The smallest absolute Gasteiger partial charge is 0.181 e. The van der Waals surface area contributed by atoms with Crippen molar-refractivity contribution in [1.82, 2.24) is 19.9 Å². The average molecular weight is 246 g/mol. The van der Waals surface area contributed by atoms with Crippen LogP contribution < -0.4 is 0 Å². The van der Waals surface area contributed by atoms with E-state index >= 15 is 0 Å². The van der Waals surface area contributed by atoms with Gasteiger partial charge >= 0.3 is 0 Å². The predicted octanol–water partition coefficient (Wildman–Crippen LogP) is 2.61. The van der Waals surface area contributed by atoms with Gasteiger partial charge in [0.25, 0.3) is 0 Å². The number of aromatic amines is 1. The molecule has 0 saturated heterocycles. The number of benzene rings is 1. The van der Waals surface area contributed by atoms with Crippen LogP contribution in [0.1, 0.15) is 5.56 Å². The van der Waals surface area contributed by atoms with Crippen molar-refractivity contribution < 1.29 is 8.78 Å². The molecule has 0 amide bonds. The fourth-order valence-electron chi connectivity index (χ4n) is 1.75. The van der Waals surface area contributed by atoms with Crippen LogP contribution in [0.25, 0.3) is 22.6 Å². The molecule has 3 rings (SSSR count). The van der Waals surface area contributed by atoms with E-state index in [1.54, 1.807) is 6.92 Å². The molecule has 0 saturated carbocycles. The van der Waals surface area contributed by atoms with E-state index in [1.165, 1.54) is 24.7 Å². The van der Waals surface area contributed by atoms with Gasteiger partial charge in [-0.2, -0.15) is 0 Å². The van der Waals surface area contributed by atoms with Crippen LogP contribution in [0.15, 0.2) is 24.7 Å². The molecule has 90 valence electrons. The molecule has 18 heavy (non-hydrogen) atoms. The normalized spacial score (nSPS) is 11.1. The van der Waals surface area contributed by atoms with Gasteiger partial charge in [0.1, 0.15) is 29.3 Å². The van der Waals surface area contributed by atoms with Crippen LogP contribution in [-0.2, 0) is 0 Å². The fourth-order valence-corrected chi connectivity index (χ4v) is 1.75. The SMILES string of the molecule is Cc1ccc(F)c(-c2nc3ncncc3[nH]2)c1F. The highest BCUT2D eigenvalue weighted by molar-refractivity contribution is 5.75. The van der Waals surface area contributed by atoms with E-state index in [9.17, 15) is 8.78 Å². The van der Waals surface area contributed by atoms with E-state index in [2.05, 4.69) is 19.9 Å². The Balaban J connectivity index is 2.29. The first-order valence-electron chi connectivity index (χ1n) is 5.27. The highest BCUT2D eigenvalue weighted by Crippen LogP contribution is 2.26. The van der Waals surface area contributed by atoms with Gasteiger partial charge < -0.3 is 4.98 Å². The van der Waals surface area contributed by atoms with Crippen LogP contribution in [0.3, 0.4) is 0 Å². The summed E-state index contributed by atoms with van der Waals surface area (Å²) in [5, 5.41) is 0. The summed E-state index contributed by atoms with van der Waals surface area (Å²) in [6, 6.07) is 2.60. The molecular formula is C12H8F2N4. The number of H-pyrrole nitrogens is 1. The van der Waals surface area contributed by atoms with E-state index in [-0.39, 0.29) is 11.4 Å². The summed E-state index contributed by atoms with van der Waals surface area (Å²) in [7, 11) is 0. The molecule has 0 aliphatic heterocycles. The topological polar surface area (TPSA) is 54.5 Å². The molecule has 2 heterocycles. The quantitative estimate of drug-likeness (QED) is 0.718. The lowest BCUT2D eigenvalue weighted by atomic mass is 10.1. The van der Waals surface area contributed by atoms with Crippen LogP contribution in [0.2, 0.25) is 0 Å². The first-order valence-corrected chi connectivity index (χ1v) is 5.27. The summed E-state index contributed by atoms with van der Waals surface area (Å²) in [5.74, 6) is -1.17. The van der Waals surface area contributed by atoms with Crippen molar-refractivity contribution in [2.24, 2.45) is 0 Å². The average Bonchev–Trinajstić information content (AvgIpc) is 2.77. The van der Waals surface area contributed by atoms with Gasteiger partial charge in [-0.1, -0.05) is 6.07 Å². The summed E-state index contributed by atoms with van der Waals surface area (Å²) in [6.07, 6.45) is 2.83. The highest BCUT2D eigenvalue weighted by Gasteiger charge is 2.17. The van der Waals surface area contributed by atoms with E-state index in [0.717, 1.165) is 0 Å². The maximum atomic E-state index is 13.9. The lowest BCUT2D eigenvalue weighted by Gasteiger charge is -2.03. The van der Waals surface area contributed by atoms with Gasteiger partial charge in [-0.25, -0.2) is 23.7 Å². The van der Waals surface area contributed by atoms with Crippen LogP contribution in [-0.4, -0.2) is 19.9 Å². The third kappa shape index (κ3) is 1.54. The van der Waals surface area contributed by atoms with Crippen molar-refractivity contribution in [1.29, 1.82) is 0 Å². The summed E-state index contributed by atoms with van der Waals surface area (Å²) >= 11 is 0. The maximum absolute atomic E-state index is 13.9. The van der Waals surface area contributed by atoms with Crippen LogP contribution in [0.4, 0.5) is 8.78 Å². The molecule has 0 radical (unpaired) electrons. The minimum atomic E-state index is -0.662. The number of nitrogens with one attached hydrogen (secondary N) is 1. The molecule has 3 aromatic rings. The van der Waals surface area contributed by atoms with Crippen molar-refractivity contribution >= 4 is 11.2 Å². The first kappa shape index (κ1) is 10.8. The Labute approximate surface area is 101 Å². The number of nitrogens with zero attached hydrogens (tertiary/aromatic N) is 3. The van der Waals surface area contributed by atoms with E-state index in [1.807, 2.05) is 0 Å². The predicted molar refractivity (Wildman–Crippen MR) is 61.8 cm³/mol. The third-order valence-corrected chi connectivity index (χ3v) is 2.68. The van der Waals surface area contributed by atoms with E-state index < -0.39 is 11.6 Å². The zero-order chi connectivity index (χ0) is 12.7. The summed E-state index contributed by atoms with van der Waals surface area (Å²) in [6.45, 7) is 1.57. The molecule has 0 unspecified atom stereocenters. The van der Waals surface area contributed by atoms with Gasteiger partial charge in [-0.05, 0) is 18.6 Å². The number of halogens is 2. The molecule has 6 heteroatoms. The second-order valence-corrected chi connectivity index (χ2v) is 3.90. The number of aryl methyl sites for hydroxylation is 1. The number of imidazole rings is 1. The van der Waals surface area contributed by atoms with E-state index in [4.69, 9.17) is 0 Å². The van der Waals surface area contributed by atoms with Crippen molar-refractivity contribution in [3.8, 4) is 11.4 Å². The van der Waals surface area contributed by atoms with Gasteiger partial charge in [0.2, 0.25) is 0 Å². The number of fused-ring (bicyclic) bond motifs is 1. The molecule has 0 aliphatic carbocycles. The van der Waals surface area contributed by atoms with Crippen LogP contribution in [0.5, 0.6) is 0 Å². The van der Waals surface area contributed by atoms with Gasteiger partial charge in [0.05, 0.1) is 11.8 Å². The minimum Gasteiger partial charge on any atom is -0.335 e. The Morgan fingerprint density at radius 2 is 2.06 bits per heavy atom. The van der Waals surface area contributed by atoms with Gasteiger partial charge in [-0.3, -0.25) is 0 Å². The second-order valence-electron chi connectivity index (χ2n) is 3.90. The van der Waals surface area contributed by atoms with Gasteiger partial charge in [-0.15, -0.1) is 0 Å². The molecule has 0 spiro atoms. The monoisotopic (exact) mass is 246 g/mol. The van der Waals surface area contributed by atoms with Gasteiger partial charge in [0, 0.05) is 0 Å². The zero-order valence-electron chi connectivity index (χ0n) is 9.41. The fraction of sp³-hybridized carbons (Fsp3) is 0.0833. The third-order valence-electron chi connectivity index (χ3n) is 2.68. The summed E-state index contributed by atoms with van der Waals surface area (Å²) in [4.78, 5) is 14.6. The lowest BCUT2D eigenvalue weighted by Crippen LogP contribution is -1.94. The Morgan fingerprint density at radius 1 is 1.22 bits per heavy atom. The van der Waals surface area contributed by atoms with Crippen LogP contribution in [0, 0.1) is 18.6 Å². The molecule has 4 nitrogen and oxygen atoms in total. The highest BCUT2D eigenvalue weighted by atomic mass is 19.1. The largest absolute Gasteiger partial charge is 0.335 e. The number of rotatable bonds is 1. The molecule has 1 aromatic carbocycles. The summed E-state index contributed by atoms with van der Waals surface area (Å²) in [5.41, 5.74) is 1.10. The molecule has 0 atom stereocenters. The Bertz CT molecular complexity index is 703. The summed E-state index contributed by atoms with van der Waals surface area (Å²) < 4.78 is 27.6. The van der Waals surface area contributed by atoms with Crippen molar-refractivity contribution in [3.63, 3.8) is 0 Å². The number of hydrogen-bond acceptors (Lipinski definition) is 3. The molecule has 2 aromatic heterocycles. The van der Waals surface area contributed by atoms with Crippen LogP contribution >= 0.6 is 0 Å². The Kier molecular flexibility index (Phi) is 2.29. The van der Waals surface area contributed by atoms with Crippen molar-refractivity contribution in [3.05, 3.63) is 41.9 Å². The number of hydrogen-bond donors (Lipinski definition) is 1. The standard InChI is InChI=1S/C12H8F2N4/c1-6-2-3-7(13)9(10(6)14)12-17-8-4-15-5-16-11(8)18-12/h2-5H,1H3,(H,15,16,17,18). The second kappa shape index (κ2) is 3.83. The first-order chi connectivity index (χ1) is 8.66. The Hall–Kier alpha value is -2.37. The zero-order valence-corrected chi connectivity index (χ0v) is 9.41. The minimum absolute atomic E-state index is 0.115. The molecule has 0 fully saturated rings. The van der Waals surface area contributed by atoms with Crippen molar-refractivity contribution in [2.75, 3.05) is 0 Å². The lowest BCUT2D eigenvalue weighted by molar-refractivity contribution is 0.582. The van der Waals surface area contributed by atoms with Crippen molar-refractivity contribution in [2.45, 2.75) is 6.92 Å².